The lowest BCUT2D eigenvalue weighted by Crippen LogP contribution is -2.25. The SMILES string of the molecule is Cc1c(Br)cccc1NCC(O)Cn1cccn1. The van der Waals surface area contributed by atoms with E-state index in [0.29, 0.717) is 13.1 Å². The molecule has 4 nitrogen and oxygen atoms in total. The van der Waals surface area contributed by atoms with Gasteiger partial charge in [0.25, 0.3) is 0 Å². The Morgan fingerprint density at radius 3 is 3.00 bits per heavy atom. The van der Waals surface area contributed by atoms with E-state index < -0.39 is 6.10 Å². The number of nitrogens with zero attached hydrogens (tertiary/aromatic N) is 2. The van der Waals surface area contributed by atoms with Crippen LogP contribution in [0.4, 0.5) is 5.69 Å². The monoisotopic (exact) mass is 309 g/mol. The maximum Gasteiger partial charge on any atom is 0.0907 e. The zero-order valence-corrected chi connectivity index (χ0v) is 11.8. The van der Waals surface area contributed by atoms with Crippen molar-refractivity contribution < 1.29 is 5.11 Å². The van der Waals surface area contributed by atoms with Gasteiger partial charge in [0.05, 0.1) is 12.6 Å². The van der Waals surface area contributed by atoms with Crippen molar-refractivity contribution in [2.45, 2.75) is 19.6 Å². The summed E-state index contributed by atoms with van der Waals surface area (Å²) in [5.74, 6) is 0. The Morgan fingerprint density at radius 1 is 1.44 bits per heavy atom. The van der Waals surface area contributed by atoms with Crippen LogP contribution in [0.3, 0.4) is 0 Å². The summed E-state index contributed by atoms with van der Waals surface area (Å²) in [6.07, 6.45) is 3.08. The van der Waals surface area contributed by atoms with Gasteiger partial charge in [0.1, 0.15) is 0 Å². The minimum Gasteiger partial charge on any atom is -0.389 e. The molecule has 0 bridgehead atoms. The standard InChI is InChI=1S/C13H16BrN3O/c1-10-12(14)4-2-5-13(10)15-8-11(18)9-17-7-3-6-16-17/h2-7,11,15,18H,8-9H2,1H3. The third-order valence-electron chi connectivity index (χ3n) is 2.75. The summed E-state index contributed by atoms with van der Waals surface area (Å²) in [6, 6.07) is 7.82. The highest BCUT2D eigenvalue weighted by molar-refractivity contribution is 9.10. The zero-order valence-electron chi connectivity index (χ0n) is 10.2. The normalized spacial score (nSPS) is 12.4. The smallest absolute Gasteiger partial charge is 0.0907 e. The van der Waals surface area contributed by atoms with E-state index in [-0.39, 0.29) is 0 Å². The number of halogens is 1. The average molecular weight is 310 g/mol. The average Bonchev–Trinajstić information content (AvgIpc) is 2.84. The minimum absolute atomic E-state index is 0.469. The molecule has 1 heterocycles. The van der Waals surface area contributed by atoms with Crippen LogP contribution < -0.4 is 5.32 Å². The molecule has 0 aliphatic carbocycles. The van der Waals surface area contributed by atoms with E-state index in [4.69, 9.17) is 0 Å². The van der Waals surface area contributed by atoms with Gasteiger partial charge < -0.3 is 10.4 Å². The number of aliphatic hydroxyl groups excluding tert-OH is 1. The second kappa shape index (κ2) is 6.02. The van der Waals surface area contributed by atoms with Crippen molar-refractivity contribution in [2.75, 3.05) is 11.9 Å². The topological polar surface area (TPSA) is 50.1 Å². The molecule has 0 fully saturated rings. The molecule has 2 N–H and O–H groups in total. The van der Waals surface area contributed by atoms with Crippen molar-refractivity contribution in [2.24, 2.45) is 0 Å². The van der Waals surface area contributed by atoms with Crippen molar-refractivity contribution in [3.8, 4) is 0 Å². The molecular formula is C13H16BrN3O. The van der Waals surface area contributed by atoms with Crippen LogP contribution in [0.5, 0.6) is 0 Å². The molecule has 2 aromatic rings. The molecule has 0 aliphatic heterocycles. The van der Waals surface area contributed by atoms with Gasteiger partial charge in [-0.3, -0.25) is 4.68 Å². The molecule has 1 aromatic carbocycles. The summed E-state index contributed by atoms with van der Waals surface area (Å²) >= 11 is 3.49. The third kappa shape index (κ3) is 3.34. The number of hydrogen-bond donors (Lipinski definition) is 2. The van der Waals surface area contributed by atoms with Crippen LogP contribution in [0.2, 0.25) is 0 Å². The Hall–Kier alpha value is -1.33. The maximum atomic E-state index is 9.91. The number of aliphatic hydroxyl groups is 1. The van der Waals surface area contributed by atoms with E-state index in [0.717, 1.165) is 15.7 Å². The van der Waals surface area contributed by atoms with E-state index in [1.165, 1.54) is 0 Å². The van der Waals surface area contributed by atoms with Crippen LogP contribution >= 0.6 is 15.9 Å². The molecule has 0 saturated heterocycles. The zero-order chi connectivity index (χ0) is 13.0. The minimum atomic E-state index is -0.469. The van der Waals surface area contributed by atoms with Crippen molar-refractivity contribution in [3.05, 3.63) is 46.7 Å². The number of rotatable bonds is 5. The van der Waals surface area contributed by atoms with E-state index in [2.05, 4.69) is 26.3 Å². The van der Waals surface area contributed by atoms with Crippen LogP contribution in [0.1, 0.15) is 5.56 Å². The molecule has 0 aliphatic rings. The van der Waals surface area contributed by atoms with Gasteiger partial charge in [0, 0.05) is 29.1 Å². The second-order valence-corrected chi connectivity index (χ2v) is 5.03. The van der Waals surface area contributed by atoms with E-state index in [1.54, 1.807) is 10.9 Å². The van der Waals surface area contributed by atoms with Gasteiger partial charge in [-0.1, -0.05) is 22.0 Å². The molecule has 1 aromatic heterocycles. The Kier molecular flexibility index (Phi) is 4.38. The molecule has 96 valence electrons. The number of benzene rings is 1. The van der Waals surface area contributed by atoms with Crippen LogP contribution in [-0.4, -0.2) is 27.5 Å². The Labute approximate surface area is 115 Å². The van der Waals surface area contributed by atoms with Crippen molar-refractivity contribution in [3.63, 3.8) is 0 Å². The lowest BCUT2D eigenvalue weighted by atomic mass is 10.2. The van der Waals surface area contributed by atoms with Crippen LogP contribution in [0.25, 0.3) is 0 Å². The van der Waals surface area contributed by atoms with Gasteiger partial charge in [0.2, 0.25) is 0 Å². The predicted octanol–water partition coefficient (Wildman–Crippen LogP) is 2.43. The van der Waals surface area contributed by atoms with E-state index >= 15 is 0 Å². The molecule has 2 rings (SSSR count). The van der Waals surface area contributed by atoms with Gasteiger partial charge in [-0.15, -0.1) is 0 Å². The summed E-state index contributed by atoms with van der Waals surface area (Å²) in [5.41, 5.74) is 2.17. The Balaban J connectivity index is 1.89. The van der Waals surface area contributed by atoms with Gasteiger partial charge >= 0.3 is 0 Å². The van der Waals surface area contributed by atoms with Gasteiger partial charge in [-0.25, -0.2) is 0 Å². The second-order valence-electron chi connectivity index (χ2n) is 4.18. The number of hydrogen-bond acceptors (Lipinski definition) is 3. The van der Waals surface area contributed by atoms with E-state index in [9.17, 15) is 5.11 Å². The third-order valence-corrected chi connectivity index (χ3v) is 3.61. The predicted molar refractivity (Wildman–Crippen MR) is 75.6 cm³/mol. The van der Waals surface area contributed by atoms with Gasteiger partial charge in [-0.2, -0.15) is 5.10 Å². The summed E-state index contributed by atoms with van der Waals surface area (Å²) in [7, 11) is 0. The highest BCUT2D eigenvalue weighted by atomic mass is 79.9. The van der Waals surface area contributed by atoms with Crippen molar-refractivity contribution >= 4 is 21.6 Å². The molecule has 0 saturated carbocycles. The lowest BCUT2D eigenvalue weighted by molar-refractivity contribution is 0.161. The molecule has 0 radical (unpaired) electrons. The first-order valence-corrected chi connectivity index (χ1v) is 6.60. The first-order valence-electron chi connectivity index (χ1n) is 5.81. The molecule has 1 atom stereocenters. The van der Waals surface area contributed by atoms with Crippen LogP contribution in [0.15, 0.2) is 41.1 Å². The number of aromatic nitrogens is 2. The number of anilines is 1. The summed E-state index contributed by atoms with van der Waals surface area (Å²) in [6.45, 7) is 3.02. The summed E-state index contributed by atoms with van der Waals surface area (Å²) < 4.78 is 2.79. The van der Waals surface area contributed by atoms with Crippen molar-refractivity contribution in [1.82, 2.24) is 9.78 Å². The molecule has 18 heavy (non-hydrogen) atoms. The molecule has 0 amide bonds. The Morgan fingerprint density at radius 2 is 2.28 bits per heavy atom. The van der Waals surface area contributed by atoms with Crippen LogP contribution in [0, 0.1) is 6.92 Å². The number of nitrogens with one attached hydrogen (secondary N) is 1. The first-order chi connectivity index (χ1) is 8.66. The molecule has 5 heteroatoms. The maximum absolute atomic E-state index is 9.91. The van der Waals surface area contributed by atoms with Crippen molar-refractivity contribution in [1.29, 1.82) is 0 Å². The quantitative estimate of drug-likeness (QED) is 0.892. The fourth-order valence-corrected chi connectivity index (χ4v) is 2.08. The van der Waals surface area contributed by atoms with Gasteiger partial charge in [-0.05, 0) is 30.7 Å². The molecule has 1 unspecified atom stereocenters. The first kappa shape index (κ1) is 13.1. The largest absolute Gasteiger partial charge is 0.389 e. The van der Waals surface area contributed by atoms with E-state index in [1.807, 2.05) is 37.4 Å². The summed E-state index contributed by atoms with van der Waals surface area (Å²) in [4.78, 5) is 0. The lowest BCUT2D eigenvalue weighted by Gasteiger charge is -2.15. The molecule has 0 spiro atoms. The fraction of sp³-hybridized carbons (Fsp3) is 0.308. The van der Waals surface area contributed by atoms with Gasteiger partial charge in [0.15, 0.2) is 0 Å². The highest BCUT2D eigenvalue weighted by Crippen LogP contribution is 2.23. The molecular weight excluding hydrogens is 294 g/mol. The fourth-order valence-electron chi connectivity index (χ4n) is 1.72. The van der Waals surface area contributed by atoms with Crippen LogP contribution in [-0.2, 0) is 6.54 Å². The summed E-state index contributed by atoms with van der Waals surface area (Å²) in [5, 5.41) is 17.2. The Bertz CT molecular complexity index is 499. The highest BCUT2D eigenvalue weighted by Gasteiger charge is 2.07.